The summed E-state index contributed by atoms with van der Waals surface area (Å²) in [5, 5.41) is 57.1. The van der Waals surface area contributed by atoms with E-state index in [0.29, 0.717) is 0 Å². The van der Waals surface area contributed by atoms with Crippen molar-refractivity contribution in [3.8, 4) is 28.7 Å². The highest BCUT2D eigenvalue weighted by molar-refractivity contribution is 5.82. The van der Waals surface area contributed by atoms with Crippen molar-refractivity contribution in [3.05, 3.63) is 41.5 Å². The molecule has 140 valence electrons. The van der Waals surface area contributed by atoms with Gasteiger partial charge >= 0.3 is 0 Å². The number of hydrazine groups is 1. The first kappa shape index (κ1) is 19.1. The molecule has 0 saturated heterocycles. The van der Waals surface area contributed by atoms with Crippen LogP contribution in [0.5, 0.6) is 28.7 Å². The monoisotopic (exact) mass is 365 g/mol. The number of phenolic OH excluding ortho intramolecular Hbond substituents is 5. The molecule has 0 heterocycles. The van der Waals surface area contributed by atoms with Crippen LogP contribution in [0.1, 0.15) is 17.2 Å². The Kier molecular flexibility index (Phi) is 5.72. The highest BCUT2D eigenvalue weighted by Gasteiger charge is 2.25. The quantitative estimate of drug-likeness (QED) is 0.238. The molecule has 0 aliphatic heterocycles. The Morgan fingerprint density at radius 2 is 1.62 bits per heavy atom. The molecule has 0 aromatic heterocycles. The molecule has 0 fully saturated rings. The van der Waals surface area contributed by atoms with E-state index in [1.54, 1.807) is 0 Å². The first-order valence-electron chi connectivity index (χ1n) is 7.43. The van der Waals surface area contributed by atoms with Crippen LogP contribution in [0.25, 0.3) is 0 Å². The van der Waals surface area contributed by atoms with Crippen LogP contribution in [0.3, 0.4) is 0 Å². The summed E-state index contributed by atoms with van der Waals surface area (Å²) < 4.78 is 0. The molecule has 2 atom stereocenters. The zero-order chi connectivity index (χ0) is 19.4. The standard InChI is InChI=1S/C16H19N3O7/c17-12(13(23)7-1-3-9(20)11(22)5-7)16(26)19-18-6-8-2-4-10(21)15(25)14(8)24/h1-5,12-13,18,20-25H,6,17H2,(H,19,26)/t12-,13?/m0/s1. The van der Waals surface area contributed by atoms with Crippen LogP contribution in [0, 0.1) is 0 Å². The van der Waals surface area contributed by atoms with E-state index in [-0.39, 0.29) is 23.4 Å². The largest absolute Gasteiger partial charge is 0.504 e. The number of aliphatic hydroxyl groups excluding tert-OH is 1. The average molecular weight is 365 g/mol. The summed E-state index contributed by atoms with van der Waals surface area (Å²) >= 11 is 0. The van der Waals surface area contributed by atoms with E-state index >= 15 is 0 Å². The molecule has 0 aliphatic rings. The fourth-order valence-corrected chi connectivity index (χ4v) is 2.14. The molecular weight excluding hydrogens is 346 g/mol. The molecule has 0 spiro atoms. The van der Waals surface area contributed by atoms with Gasteiger partial charge in [-0.3, -0.25) is 10.2 Å². The molecule has 10 heteroatoms. The van der Waals surface area contributed by atoms with Gasteiger partial charge in [0, 0.05) is 12.1 Å². The molecular formula is C16H19N3O7. The van der Waals surface area contributed by atoms with Crippen LogP contribution >= 0.6 is 0 Å². The van der Waals surface area contributed by atoms with Crippen molar-refractivity contribution in [1.29, 1.82) is 0 Å². The Morgan fingerprint density at radius 1 is 0.962 bits per heavy atom. The normalized spacial score (nSPS) is 13.2. The number of hydrogen-bond donors (Lipinski definition) is 9. The molecule has 0 bridgehead atoms. The van der Waals surface area contributed by atoms with Crippen molar-refractivity contribution in [2.24, 2.45) is 5.73 Å². The molecule has 0 saturated carbocycles. The number of benzene rings is 2. The lowest BCUT2D eigenvalue weighted by Crippen LogP contribution is -2.49. The summed E-state index contributed by atoms with van der Waals surface area (Å²) in [6.07, 6.45) is -1.45. The maximum atomic E-state index is 12.0. The minimum Gasteiger partial charge on any atom is -0.504 e. The topological polar surface area (TPSA) is 189 Å². The fourth-order valence-electron chi connectivity index (χ4n) is 2.14. The zero-order valence-corrected chi connectivity index (χ0v) is 13.4. The molecule has 10 nitrogen and oxygen atoms in total. The van der Waals surface area contributed by atoms with Gasteiger partial charge in [0.25, 0.3) is 5.91 Å². The fraction of sp³-hybridized carbons (Fsp3) is 0.188. The minimum atomic E-state index is -1.45. The zero-order valence-electron chi connectivity index (χ0n) is 13.4. The summed E-state index contributed by atoms with van der Waals surface area (Å²) in [6.45, 7) is -0.103. The van der Waals surface area contributed by atoms with E-state index in [1.807, 2.05) is 0 Å². The van der Waals surface area contributed by atoms with Gasteiger partial charge in [-0.15, -0.1) is 0 Å². The van der Waals surface area contributed by atoms with Crippen LogP contribution in [0.4, 0.5) is 0 Å². The molecule has 2 aromatic carbocycles. The van der Waals surface area contributed by atoms with Crippen molar-refractivity contribution in [1.82, 2.24) is 10.9 Å². The lowest BCUT2D eigenvalue weighted by molar-refractivity contribution is -0.125. The second-order valence-corrected chi connectivity index (χ2v) is 5.50. The summed E-state index contributed by atoms with van der Waals surface area (Å²) in [7, 11) is 0. The van der Waals surface area contributed by atoms with Gasteiger partial charge in [0.2, 0.25) is 5.75 Å². The summed E-state index contributed by atoms with van der Waals surface area (Å²) in [6, 6.07) is 4.64. The third kappa shape index (κ3) is 4.06. The highest BCUT2D eigenvalue weighted by Crippen LogP contribution is 2.36. The summed E-state index contributed by atoms with van der Waals surface area (Å²) in [4.78, 5) is 12.0. The third-order valence-electron chi connectivity index (χ3n) is 3.69. The van der Waals surface area contributed by atoms with E-state index in [4.69, 9.17) is 5.73 Å². The van der Waals surface area contributed by atoms with E-state index in [9.17, 15) is 35.4 Å². The maximum Gasteiger partial charge on any atom is 0.254 e. The number of hydrogen-bond acceptors (Lipinski definition) is 9. The van der Waals surface area contributed by atoms with Crippen LogP contribution in [0.2, 0.25) is 0 Å². The van der Waals surface area contributed by atoms with Gasteiger partial charge in [0.05, 0.1) is 0 Å². The number of nitrogens with one attached hydrogen (secondary N) is 2. The number of carbonyl (C=O) groups excluding carboxylic acids is 1. The number of aromatic hydroxyl groups is 5. The predicted octanol–water partition coefficient (Wildman–Crippen LogP) is -0.604. The van der Waals surface area contributed by atoms with Gasteiger partial charge in [-0.25, -0.2) is 5.43 Å². The summed E-state index contributed by atoms with van der Waals surface area (Å²) in [5.41, 5.74) is 10.7. The molecule has 0 aliphatic carbocycles. The number of rotatable bonds is 6. The van der Waals surface area contributed by atoms with Gasteiger partial charge in [0.1, 0.15) is 12.1 Å². The van der Waals surface area contributed by atoms with Crippen LogP contribution < -0.4 is 16.6 Å². The number of carbonyl (C=O) groups is 1. The van der Waals surface area contributed by atoms with Crippen molar-refractivity contribution in [2.75, 3.05) is 0 Å². The average Bonchev–Trinajstić information content (AvgIpc) is 2.62. The SMILES string of the molecule is N[C@H](C(=O)NNCc1ccc(O)c(O)c1O)C(O)c1ccc(O)c(O)c1. The van der Waals surface area contributed by atoms with Gasteiger partial charge in [-0.2, -0.15) is 0 Å². The molecule has 10 N–H and O–H groups in total. The van der Waals surface area contributed by atoms with Crippen molar-refractivity contribution in [3.63, 3.8) is 0 Å². The predicted molar refractivity (Wildman–Crippen MR) is 89.1 cm³/mol. The maximum absolute atomic E-state index is 12.0. The smallest absolute Gasteiger partial charge is 0.254 e. The second kappa shape index (κ2) is 7.78. The van der Waals surface area contributed by atoms with Crippen molar-refractivity contribution in [2.45, 2.75) is 18.7 Å². The van der Waals surface area contributed by atoms with Gasteiger partial charge < -0.3 is 36.4 Å². The van der Waals surface area contributed by atoms with Gasteiger partial charge in [0.15, 0.2) is 23.0 Å². The Balaban J connectivity index is 1.94. The van der Waals surface area contributed by atoms with Gasteiger partial charge in [-0.05, 0) is 23.8 Å². The van der Waals surface area contributed by atoms with E-state index in [0.717, 1.165) is 12.1 Å². The molecule has 1 unspecified atom stereocenters. The molecule has 1 amide bonds. The molecule has 2 rings (SSSR count). The molecule has 2 aromatic rings. The van der Waals surface area contributed by atoms with Crippen LogP contribution in [0.15, 0.2) is 30.3 Å². The second-order valence-electron chi connectivity index (χ2n) is 5.50. The van der Waals surface area contributed by atoms with E-state index in [2.05, 4.69) is 10.9 Å². The number of amides is 1. The van der Waals surface area contributed by atoms with Crippen LogP contribution in [-0.4, -0.2) is 42.6 Å². The lowest BCUT2D eigenvalue weighted by Gasteiger charge is -2.19. The Bertz CT molecular complexity index is 813. The Morgan fingerprint density at radius 3 is 2.27 bits per heavy atom. The molecule has 26 heavy (non-hydrogen) atoms. The highest BCUT2D eigenvalue weighted by atomic mass is 16.3. The van der Waals surface area contributed by atoms with Crippen LogP contribution in [-0.2, 0) is 11.3 Å². The number of aliphatic hydroxyl groups is 1. The number of nitrogens with two attached hydrogens (primary N) is 1. The van der Waals surface area contributed by atoms with E-state index in [1.165, 1.54) is 18.2 Å². The third-order valence-corrected chi connectivity index (χ3v) is 3.69. The summed E-state index contributed by atoms with van der Waals surface area (Å²) in [5.74, 6) is -3.34. The number of phenols is 5. The first-order valence-corrected chi connectivity index (χ1v) is 7.43. The lowest BCUT2D eigenvalue weighted by atomic mass is 10.0. The van der Waals surface area contributed by atoms with Gasteiger partial charge in [-0.1, -0.05) is 12.1 Å². The van der Waals surface area contributed by atoms with Crippen molar-refractivity contribution >= 4 is 5.91 Å². The Hall–Kier alpha value is -3.21. The van der Waals surface area contributed by atoms with E-state index < -0.39 is 41.1 Å². The first-order chi connectivity index (χ1) is 12.2. The Labute approximate surface area is 147 Å². The molecule has 0 radical (unpaired) electrons. The minimum absolute atomic E-state index is 0.103. The van der Waals surface area contributed by atoms with Crippen molar-refractivity contribution < 1.29 is 35.4 Å².